The van der Waals surface area contributed by atoms with Crippen molar-refractivity contribution in [2.24, 2.45) is 5.92 Å². The van der Waals surface area contributed by atoms with Crippen molar-refractivity contribution in [3.05, 3.63) is 16.7 Å². The molecule has 3 rings (SSSR count). The van der Waals surface area contributed by atoms with Gasteiger partial charge in [0.2, 0.25) is 5.95 Å². The number of hydrogen-bond donors (Lipinski definition) is 2. The summed E-state index contributed by atoms with van der Waals surface area (Å²) in [6.45, 7) is 0.667. The normalized spacial score (nSPS) is 17.3. The molecule has 2 heterocycles. The summed E-state index contributed by atoms with van der Waals surface area (Å²) in [6, 6.07) is 0. The van der Waals surface area contributed by atoms with E-state index in [4.69, 9.17) is 5.73 Å². The van der Waals surface area contributed by atoms with E-state index in [2.05, 4.69) is 15.0 Å². The highest BCUT2D eigenvalue weighted by molar-refractivity contribution is 5.69. The summed E-state index contributed by atoms with van der Waals surface area (Å²) in [5.74, 6) is 0.819. The van der Waals surface area contributed by atoms with Crippen molar-refractivity contribution < 1.29 is 0 Å². The second kappa shape index (κ2) is 4.44. The first-order valence-corrected chi connectivity index (χ1v) is 6.45. The summed E-state index contributed by atoms with van der Waals surface area (Å²) in [7, 11) is 0. The molecule has 2 aromatic rings. The number of H-pyrrole nitrogens is 1. The first-order chi connectivity index (χ1) is 8.75. The van der Waals surface area contributed by atoms with Crippen molar-refractivity contribution in [1.29, 1.82) is 0 Å². The molecule has 2 aromatic heterocycles. The Kier molecular flexibility index (Phi) is 2.77. The average molecular weight is 247 g/mol. The molecule has 6 heteroatoms. The highest BCUT2D eigenvalue weighted by Gasteiger charge is 2.17. The zero-order chi connectivity index (χ0) is 12.5. The van der Waals surface area contributed by atoms with Crippen LogP contribution in [0.3, 0.4) is 0 Å². The molecule has 1 saturated carbocycles. The predicted molar refractivity (Wildman–Crippen MR) is 69.1 cm³/mol. The van der Waals surface area contributed by atoms with Crippen molar-refractivity contribution in [1.82, 2.24) is 19.5 Å². The fraction of sp³-hybridized carbons (Fsp3) is 0.583. The highest BCUT2D eigenvalue weighted by Crippen LogP contribution is 2.25. The van der Waals surface area contributed by atoms with E-state index in [1.54, 1.807) is 4.57 Å². The third-order valence-corrected chi connectivity index (χ3v) is 3.74. The lowest BCUT2D eigenvalue weighted by atomic mass is 9.89. The van der Waals surface area contributed by atoms with Gasteiger partial charge < -0.3 is 10.7 Å². The number of aromatic amines is 1. The molecular weight excluding hydrogens is 230 g/mol. The van der Waals surface area contributed by atoms with Gasteiger partial charge in [-0.25, -0.2) is 4.98 Å². The number of nitrogen functional groups attached to an aromatic ring is 1. The molecule has 96 valence electrons. The average Bonchev–Trinajstić information content (AvgIpc) is 2.84. The van der Waals surface area contributed by atoms with E-state index in [-0.39, 0.29) is 11.5 Å². The van der Waals surface area contributed by atoms with Crippen LogP contribution in [0.15, 0.2) is 11.1 Å². The summed E-state index contributed by atoms with van der Waals surface area (Å²) in [4.78, 5) is 23.3. The van der Waals surface area contributed by atoms with Gasteiger partial charge in [0.25, 0.3) is 5.56 Å². The number of hydrogen-bond acceptors (Lipinski definition) is 4. The van der Waals surface area contributed by atoms with Gasteiger partial charge in [0.1, 0.15) is 0 Å². The molecule has 0 aliphatic heterocycles. The lowest BCUT2D eigenvalue weighted by molar-refractivity contribution is 0.317. The molecule has 0 bridgehead atoms. The number of aromatic nitrogens is 4. The number of nitrogens with zero attached hydrogens (tertiary/aromatic N) is 3. The summed E-state index contributed by atoms with van der Waals surface area (Å²) in [5.41, 5.74) is 6.58. The minimum Gasteiger partial charge on any atom is -0.369 e. The van der Waals surface area contributed by atoms with E-state index >= 15 is 0 Å². The first-order valence-electron chi connectivity index (χ1n) is 6.45. The van der Waals surface area contributed by atoms with Gasteiger partial charge >= 0.3 is 0 Å². The van der Waals surface area contributed by atoms with Crippen LogP contribution in [0.2, 0.25) is 0 Å². The fourth-order valence-electron chi connectivity index (χ4n) is 2.74. The Bertz CT molecular complexity index is 608. The summed E-state index contributed by atoms with van der Waals surface area (Å²) in [6.07, 6.45) is 7.62. The summed E-state index contributed by atoms with van der Waals surface area (Å²) < 4.78 is 1.57. The molecule has 0 unspecified atom stereocenters. The summed E-state index contributed by atoms with van der Waals surface area (Å²) >= 11 is 0. The monoisotopic (exact) mass is 247 g/mol. The van der Waals surface area contributed by atoms with E-state index in [9.17, 15) is 4.79 Å². The van der Waals surface area contributed by atoms with Gasteiger partial charge in [0.15, 0.2) is 11.2 Å². The van der Waals surface area contributed by atoms with Crippen LogP contribution < -0.4 is 11.3 Å². The number of nitrogens with two attached hydrogens (primary N) is 1. The van der Waals surface area contributed by atoms with Gasteiger partial charge in [0.05, 0.1) is 6.33 Å². The minimum atomic E-state index is -0.135. The molecule has 1 aliphatic rings. The lowest BCUT2D eigenvalue weighted by Crippen LogP contribution is -2.28. The van der Waals surface area contributed by atoms with E-state index in [0.29, 0.717) is 23.6 Å². The summed E-state index contributed by atoms with van der Waals surface area (Å²) in [5, 5.41) is 0. The van der Waals surface area contributed by atoms with Gasteiger partial charge in [-0.1, -0.05) is 19.3 Å². The standard InChI is InChI=1S/C12H17N5O/c13-12-16-10-9(14-7-15-10)11(18)17(12)6-8-4-2-1-3-5-8/h7-8H,1-6H2,(H2,13,16)(H,14,15). The smallest absolute Gasteiger partial charge is 0.283 e. The maximum Gasteiger partial charge on any atom is 0.283 e. The van der Waals surface area contributed by atoms with Crippen LogP contribution in [0, 0.1) is 5.92 Å². The molecule has 0 atom stereocenters. The van der Waals surface area contributed by atoms with Crippen LogP contribution in [0.5, 0.6) is 0 Å². The Labute approximate surface area is 104 Å². The minimum absolute atomic E-state index is 0.135. The van der Waals surface area contributed by atoms with Gasteiger partial charge in [0, 0.05) is 6.54 Å². The van der Waals surface area contributed by atoms with Crippen LogP contribution in [-0.4, -0.2) is 19.5 Å². The van der Waals surface area contributed by atoms with Crippen molar-refractivity contribution in [3.8, 4) is 0 Å². The van der Waals surface area contributed by atoms with Crippen molar-refractivity contribution in [3.63, 3.8) is 0 Å². The van der Waals surface area contributed by atoms with Gasteiger partial charge in [-0.15, -0.1) is 0 Å². The first kappa shape index (κ1) is 11.3. The molecule has 3 N–H and O–H groups in total. The Morgan fingerprint density at radius 1 is 1.39 bits per heavy atom. The van der Waals surface area contributed by atoms with Crippen LogP contribution >= 0.6 is 0 Å². The topological polar surface area (TPSA) is 89.6 Å². The lowest BCUT2D eigenvalue weighted by Gasteiger charge is -2.22. The highest BCUT2D eigenvalue weighted by atomic mass is 16.1. The molecule has 6 nitrogen and oxygen atoms in total. The second-order valence-electron chi connectivity index (χ2n) is 4.99. The van der Waals surface area contributed by atoms with E-state index in [1.807, 2.05) is 0 Å². The number of fused-ring (bicyclic) bond motifs is 1. The van der Waals surface area contributed by atoms with Crippen molar-refractivity contribution in [2.45, 2.75) is 38.6 Å². The zero-order valence-electron chi connectivity index (χ0n) is 10.2. The number of nitrogens with one attached hydrogen (secondary N) is 1. The van der Waals surface area contributed by atoms with E-state index in [1.165, 1.54) is 38.4 Å². The number of imidazole rings is 1. The molecule has 0 aromatic carbocycles. The van der Waals surface area contributed by atoms with Gasteiger partial charge in [-0.2, -0.15) is 4.98 Å². The molecular formula is C12H17N5O. The van der Waals surface area contributed by atoms with Crippen molar-refractivity contribution in [2.75, 3.05) is 5.73 Å². The van der Waals surface area contributed by atoms with Crippen LogP contribution in [-0.2, 0) is 6.54 Å². The van der Waals surface area contributed by atoms with Crippen molar-refractivity contribution >= 4 is 17.1 Å². The van der Waals surface area contributed by atoms with Crippen LogP contribution in [0.1, 0.15) is 32.1 Å². The van der Waals surface area contributed by atoms with E-state index in [0.717, 1.165) is 0 Å². The Hall–Kier alpha value is -1.85. The Balaban J connectivity index is 1.97. The molecule has 0 spiro atoms. The third-order valence-electron chi connectivity index (χ3n) is 3.74. The van der Waals surface area contributed by atoms with Gasteiger partial charge in [-0.3, -0.25) is 9.36 Å². The molecule has 0 saturated heterocycles. The third kappa shape index (κ3) is 1.87. The van der Waals surface area contributed by atoms with Crippen LogP contribution in [0.25, 0.3) is 11.2 Å². The van der Waals surface area contributed by atoms with Crippen LogP contribution in [0.4, 0.5) is 5.95 Å². The molecule has 0 radical (unpaired) electrons. The molecule has 0 amide bonds. The maximum atomic E-state index is 12.2. The quantitative estimate of drug-likeness (QED) is 0.836. The molecule has 1 fully saturated rings. The largest absolute Gasteiger partial charge is 0.369 e. The maximum absolute atomic E-state index is 12.2. The molecule has 18 heavy (non-hydrogen) atoms. The fourth-order valence-corrected chi connectivity index (χ4v) is 2.74. The zero-order valence-corrected chi connectivity index (χ0v) is 10.2. The second-order valence-corrected chi connectivity index (χ2v) is 4.99. The van der Waals surface area contributed by atoms with Gasteiger partial charge in [-0.05, 0) is 18.8 Å². The number of rotatable bonds is 2. The predicted octanol–water partition coefficient (Wildman–Crippen LogP) is 1.28. The SMILES string of the molecule is Nc1nc2[nH]cnc2c(=O)n1CC1CCCCC1. The number of anilines is 1. The Morgan fingerprint density at radius 3 is 2.94 bits per heavy atom. The van der Waals surface area contributed by atoms with E-state index < -0.39 is 0 Å². The Morgan fingerprint density at radius 2 is 2.17 bits per heavy atom. The molecule has 1 aliphatic carbocycles.